The molecule has 0 unspecified atom stereocenters. The molecule has 2 amide bonds. The van der Waals surface area contributed by atoms with Gasteiger partial charge >= 0.3 is 0 Å². The van der Waals surface area contributed by atoms with Gasteiger partial charge in [-0.2, -0.15) is 0 Å². The van der Waals surface area contributed by atoms with E-state index in [9.17, 15) is 18.4 Å². The molecule has 0 fully saturated rings. The number of halogens is 2. The van der Waals surface area contributed by atoms with Crippen molar-refractivity contribution in [2.75, 3.05) is 16.8 Å². The third-order valence-electron chi connectivity index (χ3n) is 4.01. The second-order valence-electron chi connectivity index (χ2n) is 6.17. The summed E-state index contributed by atoms with van der Waals surface area (Å²) < 4.78 is 32.2. The zero-order chi connectivity index (χ0) is 20.8. The number of hydrogen-bond donors (Lipinski definition) is 1. The Hall–Kier alpha value is -3.74. The lowest BCUT2D eigenvalue weighted by molar-refractivity contribution is -0.120. The summed E-state index contributed by atoms with van der Waals surface area (Å²) >= 11 is 0. The van der Waals surface area contributed by atoms with E-state index in [2.05, 4.69) is 5.32 Å². The predicted octanol–water partition coefficient (Wildman–Crippen LogP) is 4.75. The molecule has 3 aromatic rings. The largest absolute Gasteiger partial charge is 0.455 e. The Kier molecular flexibility index (Phi) is 6.19. The minimum absolute atomic E-state index is 0.0891. The van der Waals surface area contributed by atoms with Gasteiger partial charge in [0.05, 0.1) is 5.69 Å². The highest BCUT2D eigenvalue weighted by atomic mass is 19.2. The molecule has 0 aliphatic carbocycles. The Morgan fingerprint density at radius 3 is 2.31 bits per heavy atom. The monoisotopic (exact) mass is 396 g/mol. The van der Waals surface area contributed by atoms with Crippen LogP contribution in [0.1, 0.15) is 6.92 Å². The molecule has 0 spiro atoms. The first-order valence-corrected chi connectivity index (χ1v) is 8.79. The molecule has 0 radical (unpaired) electrons. The molecule has 0 aliphatic rings. The zero-order valence-corrected chi connectivity index (χ0v) is 15.6. The average molecular weight is 396 g/mol. The van der Waals surface area contributed by atoms with Crippen LogP contribution in [0.2, 0.25) is 0 Å². The maximum Gasteiger partial charge on any atom is 0.244 e. The molecular weight excluding hydrogens is 378 g/mol. The van der Waals surface area contributed by atoms with E-state index in [1.165, 1.54) is 17.9 Å². The summed E-state index contributed by atoms with van der Waals surface area (Å²) in [5.74, 6) is -2.06. The number of para-hydroxylation sites is 3. The molecule has 3 rings (SSSR count). The second kappa shape index (κ2) is 8.97. The van der Waals surface area contributed by atoms with Gasteiger partial charge in [0.1, 0.15) is 12.3 Å². The second-order valence-corrected chi connectivity index (χ2v) is 6.17. The predicted molar refractivity (Wildman–Crippen MR) is 106 cm³/mol. The van der Waals surface area contributed by atoms with Crippen LogP contribution >= 0.6 is 0 Å². The number of rotatable bonds is 6. The number of nitrogens with one attached hydrogen (secondary N) is 1. The summed E-state index contributed by atoms with van der Waals surface area (Å²) in [6, 6.07) is 18.9. The van der Waals surface area contributed by atoms with E-state index in [0.717, 1.165) is 12.1 Å². The van der Waals surface area contributed by atoms with Crippen molar-refractivity contribution in [2.45, 2.75) is 6.92 Å². The third kappa shape index (κ3) is 5.16. The van der Waals surface area contributed by atoms with Gasteiger partial charge < -0.3 is 10.1 Å². The van der Waals surface area contributed by atoms with Crippen LogP contribution in [0.15, 0.2) is 72.8 Å². The average Bonchev–Trinajstić information content (AvgIpc) is 2.70. The van der Waals surface area contributed by atoms with Gasteiger partial charge in [0, 0.05) is 18.7 Å². The lowest BCUT2D eigenvalue weighted by Gasteiger charge is -2.23. The molecule has 0 heterocycles. The van der Waals surface area contributed by atoms with Crippen molar-refractivity contribution < 1.29 is 23.1 Å². The summed E-state index contributed by atoms with van der Waals surface area (Å²) in [5, 5.41) is 2.45. The van der Waals surface area contributed by atoms with E-state index in [1.54, 1.807) is 36.4 Å². The molecular formula is C22H18F2N2O3. The first kappa shape index (κ1) is 20.0. The van der Waals surface area contributed by atoms with Crippen molar-refractivity contribution in [3.05, 3.63) is 84.4 Å². The van der Waals surface area contributed by atoms with Gasteiger partial charge in [-0.1, -0.05) is 30.3 Å². The van der Waals surface area contributed by atoms with Gasteiger partial charge in [0.15, 0.2) is 17.4 Å². The van der Waals surface area contributed by atoms with E-state index < -0.39 is 17.5 Å². The molecule has 0 saturated heterocycles. The number of anilines is 2. The maximum absolute atomic E-state index is 13.3. The topological polar surface area (TPSA) is 58.6 Å². The van der Waals surface area contributed by atoms with Crippen molar-refractivity contribution in [3.63, 3.8) is 0 Å². The molecule has 3 aromatic carbocycles. The number of benzene rings is 3. The molecule has 5 nitrogen and oxygen atoms in total. The van der Waals surface area contributed by atoms with Crippen LogP contribution in [0, 0.1) is 11.6 Å². The van der Waals surface area contributed by atoms with Crippen molar-refractivity contribution in [2.24, 2.45) is 0 Å². The van der Waals surface area contributed by atoms with Crippen LogP contribution in [0.4, 0.5) is 20.2 Å². The number of hydrogen-bond acceptors (Lipinski definition) is 3. The summed E-state index contributed by atoms with van der Waals surface area (Å²) in [4.78, 5) is 25.9. The van der Waals surface area contributed by atoms with Gasteiger partial charge in [-0.25, -0.2) is 8.78 Å². The van der Waals surface area contributed by atoms with Crippen molar-refractivity contribution >= 4 is 23.2 Å². The van der Waals surface area contributed by atoms with Crippen LogP contribution in [-0.4, -0.2) is 18.4 Å². The van der Waals surface area contributed by atoms with Gasteiger partial charge in [0.2, 0.25) is 11.8 Å². The Morgan fingerprint density at radius 2 is 1.62 bits per heavy atom. The Labute approximate surface area is 166 Å². The Bertz CT molecular complexity index is 1030. The Morgan fingerprint density at radius 1 is 0.931 bits per heavy atom. The van der Waals surface area contributed by atoms with Gasteiger partial charge in [-0.05, 0) is 36.4 Å². The summed E-state index contributed by atoms with van der Waals surface area (Å²) in [5.41, 5.74) is 0.496. The van der Waals surface area contributed by atoms with E-state index in [4.69, 9.17) is 4.74 Å². The van der Waals surface area contributed by atoms with Gasteiger partial charge in [-0.3, -0.25) is 14.5 Å². The minimum Gasteiger partial charge on any atom is -0.455 e. The number of carbonyl (C=O) groups excluding carboxylic acids is 2. The molecule has 1 N–H and O–H groups in total. The van der Waals surface area contributed by atoms with E-state index >= 15 is 0 Å². The van der Waals surface area contributed by atoms with Crippen molar-refractivity contribution in [1.82, 2.24) is 0 Å². The van der Waals surface area contributed by atoms with Crippen LogP contribution in [0.3, 0.4) is 0 Å². The smallest absolute Gasteiger partial charge is 0.244 e. The highest BCUT2D eigenvalue weighted by Gasteiger charge is 2.20. The lowest BCUT2D eigenvalue weighted by Crippen LogP contribution is -2.36. The molecule has 0 aliphatic heterocycles. The normalized spacial score (nSPS) is 10.3. The summed E-state index contributed by atoms with van der Waals surface area (Å²) in [6.07, 6.45) is 0. The first-order chi connectivity index (χ1) is 13.9. The van der Waals surface area contributed by atoms with Crippen LogP contribution in [0.5, 0.6) is 11.5 Å². The molecule has 0 saturated carbocycles. The standard InChI is InChI=1S/C22H18F2N2O3/c1-15(27)26(14-22(28)25-16-11-12-18(23)19(24)13-16)20-9-5-6-10-21(20)29-17-7-3-2-4-8-17/h2-13H,14H2,1H3,(H,25,28). The fourth-order valence-corrected chi connectivity index (χ4v) is 2.67. The molecule has 29 heavy (non-hydrogen) atoms. The van der Waals surface area contributed by atoms with E-state index in [0.29, 0.717) is 17.2 Å². The van der Waals surface area contributed by atoms with Gasteiger partial charge in [0.25, 0.3) is 0 Å². The van der Waals surface area contributed by atoms with Crippen molar-refractivity contribution in [1.29, 1.82) is 0 Å². The number of nitrogens with zero attached hydrogens (tertiary/aromatic N) is 1. The SMILES string of the molecule is CC(=O)N(CC(=O)Nc1ccc(F)c(F)c1)c1ccccc1Oc1ccccc1. The highest BCUT2D eigenvalue weighted by Crippen LogP contribution is 2.32. The summed E-state index contributed by atoms with van der Waals surface area (Å²) in [7, 11) is 0. The third-order valence-corrected chi connectivity index (χ3v) is 4.01. The van der Waals surface area contributed by atoms with Gasteiger partial charge in [-0.15, -0.1) is 0 Å². The number of ether oxygens (including phenoxy) is 1. The van der Waals surface area contributed by atoms with E-state index in [-0.39, 0.29) is 18.1 Å². The fourth-order valence-electron chi connectivity index (χ4n) is 2.67. The molecule has 0 atom stereocenters. The van der Waals surface area contributed by atoms with Crippen LogP contribution in [-0.2, 0) is 9.59 Å². The fraction of sp³-hybridized carbons (Fsp3) is 0.0909. The lowest BCUT2D eigenvalue weighted by atomic mass is 10.2. The summed E-state index contributed by atoms with van der Waals surface area (Å²) in [6.45, 7) is 0.994. The highest BCUT2D eigenvalue weighted by molar-refractivity contribution is 6.02. The zero-order valence-electron chi connectivity index (χ0n) is 15.6. The first-order valence-electron chi connectivity index (χ1n) is 8.79. The molecule has 148 valence electrons. The van der Waals surface area contributed by atoms with Crippen LogP contribution in [0.25, 0.3) is 0 Å². The maximum atomic E-state index is 13.3. The molecule has 0 aromatic heterocycles. The number of amides is 2. The molecule has 0 bridgehead atoms. The Balaban J connectivity index is 1.80. The molecule has 7 heteroatoms. The minimum atomic E-state index is -1.08. The van der Waals surface area contributed by atoms with Crippen LogP contribution < -0.4 is 15.0 Å². The van der Waals surface area contributed by atoms with Crippen molar-refractivity contribution in [3.8, 4) is 11.5 Å². The quantitative estimate of drug-likeness (QED) is 0.654. The number of carbonyl (C=O) groups is 2. The van der Waals surface area contributed by atoms with E-state index in [1.807, 2.05) is 18.2 Å².